The van der Waals surface area contributed by atoms with Gasteiger partial charge in [-0.3, -0.25) is 0 Å². The van der Waals surface area contributed by atoms with E-state index in [0.717, 1.165) is 0 Å². The number of nitrogens with one attached hydrogen (secondary N) is 1. The van der Waals surface area contributed by atoms with Crippen molar-refractivity contribution in [3.05, 3.63) is 23.2 Å². The van der Waals surface area contributed by atoms with Gasteiger partial charge in [0, 0.05) is 18.1 Å². The van der Waals surface area contributed by atoms with Crippen LogP contribution in [-0.4, -0.2) is 28.6 Å². The first kappa shape index (κ1) is 16.5. The predicted molar refractivity (Wildman–Crippen MR) is 69.5 cm³/mol. The zero-order chi connectivity index (χ0) is 12.2. The monoisotopic (exact) mass is 300 g/mol. The standard InChI is InChI=1S/C9H13ClN2O3S.ClH/c1-15-8-3-2-7(10)6-9(8)16(13,14)12-5-4-11;/h2-3,6,12H,4-5,11H2,1H3;1H. The van der Waals surface area contributed by atoms with E-state index < -0.39 is 10.0 Å². The summed E-state index contributed by atoms with van der Waals surface area (Å²) in [6.07, 6.45) is 0. The smallest absolute Gasteiger partial charge is 0.244 e. The van der Waals surface area contributed by atoms with E-state index >= 15 is 0 Å². The summed E-state index contributed by atoms with van der Waals surface area (Å²) < 4.78 is 30.9. The number of hydrogen-bond donors (Lipinski definition) is 2. The molecule has 0 aliphatic carbocycles. The maximum absolute atomic E-state index is 11.8. The number of hydrogen-bond acceptors (Lipinski definition) is 4. The predicted octanol–water partition coefficient (Wildman–Crippen LogP) is 1.01. The molecule has 17 heavy (non-hydrogen) atoms. The molecule has 1 aromatic carbocycles. The molecule has 0 fully saturated rings. The molecular weight excluding hydrogens is 287 g/mol. The maximum Gasteiger partial charge on any atom is 0.244 e. The molecule has 0 aliphatic heterocycles. The van der Waals surface area contributed by atoms with Crippen LogP contribution in [0.25, 0.3) is 0 Å². The highest BCUT2D eigenvalue weighted by Crippen LogP contribution is 2.26. The van der Waals surface area contributed by atoms with Crippen LogP contribution < -0.4 is 15.2 Å². The molecule has 0 aromatic heterocycles. The van der Waals surface area contributed by atoms with Crippen LogP contribution >= 0.6 is 24.0 Å². The highest BCUT2D eigenvalue weighted by atomic mass is 35.5. The van der Waals surface area contributed by atoms with Crippen LogP contribution in [0.5, 0.6) is 5.75 Å². The number of nitrogens with two attached hydrogens (primary N) is 1. The Kier molecular flexibility index (Phi) is 6.81. The van der Waals surface area contributed by atoms with Crippen molar-refractivity contribution >= 4 is 34.0 Å². The van der Waals surface area contributed by atoms with Gasteiger partial charge in [0.15, 0.2) is 0 Å². The molecule has 0 unspecified atom stereocenters. The van der Waals surface area contributed by atoms with Gasteiger partial charge < -0.3 is 10.5 Å². The second-order valence-corrected chi connectivity index (χ2v) is 5.15. The summed E-state index contributed by atoms with van der Waals surface area (Å²) in [5.74, 6) is 0.244. The van der Waals surface area contributed by atoms with Crippen molar-refractivity contribution in [1.82, 2.24) is 4.72 Å². The summed E-state index contributed by atoms with van der Waals surface area (Å²) in [5.41, 5.74) is 5.23. The lowest BCUT2D eigenvalue weighted by molar-refractivity contribution is 0.402. The van der Waals surface area contributed by atoms with Gasteiger partial charge in [0.2, 0.25) is 10.0 Å². The Morgan fingerprint density at radius 1 is 1.47 bits per heavy atom. The van der Waals surface area contributed by atoms with E-state index in [4.69, 9.17) is 22.1 Å². The van der Waals surface area contributed by atoms with Gasteiger partial charge in [0.05, 0.1) is 7.11 Å². The summed E-state index contributed by atoms with van der Waals surface area (Å²) in [6.45, 7) is 0.389. The first-order chi connectivity index (χ1) is 7.51. The van der Waals surface area contributed by atoms with Crippen LogP contribution in [-0.2, 0) is 10.0 Å². The van der Waals surface area contributed by atoms with Gasteiger partial charge in [-0.25, -0.2) is 13.1 Å². The molecule has 0 spiro atoms. The van der Waals surface area contributed by atoms with Gasteiger partial charge in [-0.1, -0.05) is 11.6 Å². The molecule has 0 heterocycles. The molecule has 0 atom stereocenters. The minimum atomic E-state index is -3.63. The van der Waals surface area contributed by atoms with Crippen LogP contribution in [0.3, 0.4) is 0 Å². The molecular formula is C9H14Cl2N2O3S. The van der Waals surface area contributed by atoms with E-state index in [2.05, 4.69) is 4.72 Å². The maximum atomic E-state index is 11.8. The summed E-state index contributed by atoms with van der Waals surface area (Å²) in [7, 11) is -2.23. The lowest BCUT2D eigenvalue weighted by Gasteiger charge is -2.10. The summed E-state index contributed by atoms with van der Waals surface area (Å²) in [5, 5.41) is 0.328. The zero-order valence-corrected chi connectivity index (χ0v) is 11.5. The topological polar surface area (TPSA) is 81.4 Å². The lowest BCUT2D eigenvalue weighted by Crippen LogP contribution is -2.29. The molecule has 3 N–H and O–H groups in total. The first-order valence-electron chi connectivity index (χ1n) is 4.54. The Labute approximate surface area is 112 Å². The van der Waals surface area contributed by atoms with E-state index in [0.29, 0.717) is 5.02 Å². The second kappa shape index (κ2) is 7.03. The fourth-order valence-electron chi connectivity index (χ4n) is 1.13. The molecule has 5 nitrogen and oxygen atoms in total. The van der Waals surface area contributed by atoms with E-state index in [-0.39, 0.29) is 36.1 Å². The molecule has 0 aliphatic rings. The van der Waals surface area contributed by atoms with Crippen molar-refractivity contribution in [3.8, 4) is 5.75 Å². The number of rotatable bonds is 5. The van der Waals surface area contributed by atoms with E-state index in [1.165, 1.54) is 19.2 Å². The van der Waals surface area contributed by atoms with Gasteiger partial charge in [0.25, 0.3) is 0 Å². The van der Waals surface area contributed by atoms with E-state index in [1.54, 1.807) is 6.07 Å². The summed E-state index contributed by atoms with van der Waals surface area (Å²) in [6, 6.07) is 4.39. The van der Waals surface area contributed by atoms with Gasteiger partial charge >= 0.3 is 0 Å². The molecule has 1 aromatic rings. The van der Waals surface area contributed by atoms with Crippen molar-refractivity contribution in [2.75, 3.05) is 20.2 Å². The van der Waals surface area contributed by atoms with E-state index in [1.807, 2.05) is 0 Å². The van der Waals surface area contributed by atoms with Crippen molar-refractivity contribution in [3.63, 3.8) is 0 Å². The molecule has 0 saturated carbocycles. The highest BCUT2D eigenvalue weighted by molar-refractivity contribution is 7.89. The Bertz CT molecular complexity index is 465. The van der Waals surface area contributed by atoms with E-state index in [9.17, 15) is 8.42 Å². The Hall–Kier alpha value is -0.530. The van der Waals surface area contributed by atoms with Crippen LogP contribution in [0.2, 0.25) is 5.02 Å². The first-order valence-corrected chi connectivity index (χ1v) is 6.40. The van der Waals surface area contributed by atoms with Crippen molar-refractivity contribution in [2.24, 2.45) is 5.73 Å². The third kappa shape index (κ3) is 4.33. The lowest BCUT2D eigenvalue weighted by atomic mass is 10.3. The van der Waals surface area contributed by atoms with Crippen LogP contribution in [0, 0.1) is 0 Å². The fraction of sp³-hybridized carbons (Fsp3) is 0.333. The average Bonchev–Trinajstić information content (AvgIpc) is 2.26. The van der Waals surface area contributed by atoms with Crippen LogP contribution in [0.15, 0.2) is 23.1 Å². The molecule has 0 saturated heterocycles. The minimum Gasteiger partial charge on any atom is -0.495 e. The molecule has 98 valence electrons. The van der Waals surface area contributed by atoms with Gasteiger partial charge in [-0.05, 0) is 18.2 Å². The van der Waals surface area contributed by atoms with Crippen molar-refractivity contribution in [1.29, 1.82) is 0 Å². The van der Waals surface area contributed by atoms with Gasteiger partial charge in [-0.2, -0.15) is 0 Å². The van der Waals surface area contributed by atoms with Crippen LogP contribution in [0.4, 0.5) is 0 Å². The van der Waals surface area contributed by atoms with Gasteiger partial charge in [0.1, 0.15) is 10.6 Å². The minimum absolute atomic E-state index is 0. The van der Waals surface area contributed by atoms with Gasteiger partial charge in [-0.15, -0.1) is 12.4 Å². The normalized spacial score (nSPS) is 10.8. The highest BCUT2D eigenvalue weighted by Gasteiger charge is 2.18. The van der Waals surface area contributed by atoms with Crippen LogP contribution in [0.1, 0.15) is 0 Å². The molecule has 0 radical (unpaired) electrons. The molecule has 0 bridgehead atoms. The number of sulfonamides is 1. The summed E-state index contributed by atoms with van der Waals surface area (Å²) in [4.78, 5) is 0.0101. The number of halogens is 2. The van der Waals surface area contributed by atoms with Crippen molar-refractivity contribution in [2.45, 2.75) is 4.90 Å². The molecule has 1 rings (SSSR count). The second-order valence-electron chi connectivity index (χ2n) is 2.98. The Morgan fingerprint density at radius 2 is 2.12 bits per heavy atom. The number of ether oxygens (including phenoxy) is 1. The largest absolute Gasteiger partial charge is 0.495 e. The quantitative estimate of drug-likeness (QED) is 0.850. The summed E-state index contributed by atoms with van der Waals surface area (Å²) >= 11 is 5.74. The Balaban J connectivity index is 0.00000256. The third-order valence-corrected chi connectivity index (χ3v) is 3.57. The zero-order valence-electron chi connectivity index (χ0n) is 9.14. The SMILES string of the molecule is COc1ccc(Cl)cc1S(=O)(=O)NCCN.Cl. The van der Waals surface area contributed by atoms with Crippen molar-refractivity contribution < 1.29 is 13.2 Å². The fourth-order valence-corrected chi connectivity index (χ4v) is 2.61. The number of benzene rings is 1. The molecule has 8 heteroatoms. The number of methoxy groups -OCH3 is 1. The Morgan fingerprint density at radius 3 is 2.65 bits per heavy atom. The molecule has 0 amide bonds. The third-order valence-electron chi connectivity index (χ3n) is 1.85. The average molecular weight is 301 g/mol.